The van der Waals surface area contributed by atoms with E-state index < -0.39 is 45.9 Å². The molecule has 2 rings (SSSR count). The summed E-state index contributed by atoms with van der Waals surface area (Å²) >= 11 is 0. The first kappa shape index (κ1) is 22.3. The van der Waals surface area contributed by atoms with Crippen molar-refractivity contribution in [2.24, 2.45) is 0 Å². The molecule has 0 heterocycles. The Kier molecular flexibility index (Phi) is 7.69. The third kappa shape index (κ3) is 5.52. The van der Waals surface area contributed by atoms with Crippen molar-refractivity contribution >= 4 is 37.2 Å². The van der Waals surface area contributed by atoms with Crippen LogP contribution in [0, 0.1) is 23.3 Å². The molecule has 11 heteroatoms. The Labute approximate surface area is 165 Å². The van der Waals surface area contributed by atoms with Gasteiger partial charge in [0.05, 0.1) is 13.2 Å². The minimum absolute atomic E-state index is 0.106. The maximum atomic E-state index is 13.9. The Morgan fingerprint density at radius 3 is 1.45 bits per heavy atom. The van der Waals surface area contributed by atoms with Gasteiger partial charge >= 0.3 is 14.6 Å². The minimum Gasteiger partial charge on any atom is -0.491 e. The van der Waals surface area contributed by atoms with Crippen LogP contribution < -0.4 is 20.4 Å². The van der Waals surface area contributed by atoms with Gasteiger partial charge in [-0.15, -0.1) is 0 Å². The number of hydrogen-bond acceptors (Lipinski definition) is 5. The highest BCUT2D eigenvalue weighted by atomic mass is 19.2. The van der Waals surface area contributed by atoms with Crippen LogP contribution in [-0.2, 0) is 4.74 Å². The van der Waals surface area contributed by atoms with E-state index in [0.717, 1.165) is 24.3 Å². The molecule has 0 spiro atoms. The van der Waals surface area contributed by atoms with E-state index >= 15 is 0 Å². The molecule has 0 N–H and O–H groups in total. The monoisotopic (exact) mass is 408 g/mol. The average Bonchev–Trinajstić information content (AvgIpc) is 2.67. The summed E-state index contributed by atoms with van der Waals surface area (Å²) < 4.78 is 69.6. The molecule has 2 radical (unpaired) electrons. The third-order valence-corrected chi connectivity index (χ3v) is 3.50. The normalized spacial score (nSPS) is 10.3. The first-order valence-electron chi connectivity index (χ1n) is 8.45. The van der Waals surface area contributed by atoms with Crippen LogP contribution in [0.1, 0.15) is 13.8 Å². The largest absolute Gasteiger partial charge is 0.491 e. The summed E-state index contributed by atoms with van der Waals surface area (Å²) in [6.45, 7) is 3.37. The lowest BCUT2D eigenvalue weighted by molar-refractivity contribution is 0.184. The zero-order valence-corrected chi connectivity index (χ0v) is 15.4. The number of halogens is 4. The first-order chi connectivity index (χ1) is 13.8. The molecule has 0 saturated carbocycles. The highest BCUT2D eigenvalue weighted by molar-refractivity contribution is 6.87. The van der Waals surface area contributed by atoms with Gasteiger partial charge in [-0.1, -0.05) is 12.1 Å². The molecule has 0 unspecified atom stereocenters. The molecule has 0 fully saturated rings. The lowest BCUT2D eigenvalue weighted by Crippen LogP contribution is -2.34. The van der Waals surface area contributed by atoms with Crippen molar-refractivity contribution < 1.29 is 41.4 Å². The van der Waals surface area contributed by atoms with Crippen molar-refractivity contribution in [2.75, 3.05) is 13.2 Å². The molecule has 2 aromatic carbocycles. The number of hydrogen-bond donors (Lipinski definition) is 0. The summed E-state index contributed by atoms with van der Waals surface area (Å²) in [5, 5.41) is 0. The second kappa shape index (κ2) is 9.99. The maximum Gasteiger partial charge on any atom is 0.303 e. The van der Waals surface area contributed by atoms with E-state index in [0.29, 0.717) is 14.6 Å². The summed E-state index contributed by atoms with van der Waals surface area (Å²) in [5.74, 6) is -8.70. The highest BCUT2D eigenvalue weighted by Gasteiger charge is 2.23. The van der Waals surface area contributed by atoms with Crippen molar-refractivity contribution in [1.29, 1.82) is 0 Å². The number of rotatable bonds is 8. The van der Waals surface area contributed by atoms with Crippen LogP contribution >= 0.6 is 0 Å². The van der Waals surface area contributed by atoms with Crippen LogP contribution in [0.5, 0.6) is 11.5 Å². The standard InChI is InChI=1S/C18H14B2F4O5/c1-3-27-11-7-5-9(13(21)15(11)23)19-17(25)29-18(26)20-10-6-8-12(28-4-2)16(24)14(10)22/h5-8H,3-4H2,1-2H3. The maximum absolute atomic E-state index is 13.9. The van der Waals surface area contributed by atoms with Gasteiger partial charge in [0.2, 0.25) is 0 Å². The van der Waals surface area contributed by atoms with E-state index in [-0.39, 0.29) is 24.7 Å². The number of ether oxygens (including phenoxy) is 3. The van der Waals surface area contributed by atoms with Crippen molar-refractivity contribution in [3.63, 3.8) is 0 Å². The molecule has 0 saturated heterocycles. The van der Waals surface area contributed by atoms with Crippen molar-refractivity contribution in [2.45, 2.75) is 13.8 Å². The molecular formula is C18H14B2F4O5. The van der Waals surface area contributed by atoms with E-state index in [2.05, 4.69) is 4.74 Å². The second-order valence-corrected chi connectivity index (χ2v) is 5.46. The summed E-state index contributed by atoms with van der Waals surface area (Å²) in [5.41, 5.74) is -0.968. The zero-order valence-electron chi connectivity index (χ0n) is 15.4. The fourth-order valence-corrected chi connectivity index (χ4v) is 2.26. The van der Waals surface area contributed by atoms with Gasteiger partial charge in [0, 0.05) is 0 Å². The van der Waals surface area contributed by atoms with E-state index in [1.54, 1.807) is 13.8 Å². The lowest BCUT2D eigenvalue weighted by atomic mass is 9.68. The van der Waals surface area contributed by atoms with Gasteiger partial charge in [0.25, 0.3) is 11.7 Å². The quantitative estimate of drug-likeness (QED) is 0.382. The molecule has 0 aliphatic carbocycles. The summed E-state index contributed by atoms with van der Waals surface area (Å²) in [4.78, 5) is 23.5. The molecule has 0 aliphatic rings. The molecule has 29 heavy (non-hydrogen) atoms. The summed E-state index contributed by atoms with van der Waals surface area (Å²) in [6.07, 6.45) is 0. The Hall–Kier alpha value is -2.97. The molecule has 0 atom stereocenters. The van der Waals surface area contributed by atoms with E-state index in [1.807, 2.05) is 0 Å². The van der Waals surface area contributed by atoms with Gasteiger partial charge in [0.1, 0.15) is 0 Å². The second-order valence-electron chi connectivity index (χ2n) is 5.46. The smallest absolute Gasteiger partial charge is 0.303 e. The van der Waals surface area contributed by atoms with Gasteiger partial charge in [-0.3, -0.25) is 9.59 Å². The molecule has 0 bridgehead atoms. The average molecular weight is 408 g/mol. The highest BCUT2D eigenvalue weighted by Crippen LogP contribution is 2.19. The van der Waals surface area contributed by atoms with Crippen LogP contribution in [0.4, 0.5) is 27.2 Å². The Morgan fingerprint density at radius 2 is 1.10 bits per heavy atom. The predicted octanol–water partition coefficient (Wildman–Crippen LogP) is 2.66. The fraction of sp³-hybridized carbons (Fsp3) is 0.222. The number of benzene rings is 2. The third-order valence-electron chi connectivity index (χ3n) is 3.50. The Bertz CT molecular complexity index is 850. The van der Waals surface area contributed by atoms with Crippen molar-refractivity contribution in [3.8, 4) is 11.5 Å². The van der Waals surface area contributed by atoms with Crippen LogP contribution in [0.25, 0.3) is 0 Å². The van der Waals surface area contributed by atoms with E-state index in [1.165, 1.54) is 0 Å². The van der Waals surface area contributed by atoms with Crippen LogP contribution in [0.15, 0.2) is 24.3 Å². The first-order valence-corrected chi connectivity index (χ1v) is 8.45. The van der Waals surface area contributed by atoms with Crippen LogP contribution in [0.3, 0.4) is 0 Å². The number of carbonyl (C=O) groups is 2. The SMILES string of the molecule is CCOc1ccc([B]C(=O)OC(=O)[B]c2ccc(OCC)c(F)c2F)c(F)c1F. The fourth-order valence-electron chi connectivity index (χ4n) is 2.26. The van der Waals surface area contributed by atoms with E-state index in [9.17, 15) is 27.2 Å². The summed E-state index contributed by atoms with van der Waals surface area (Å²) in [7, 11) is 1.07. The van der Waals surface area contributed by atoms with Crippen LogP contribution in [-0.4, -0.2) is 39.5 Å². The molecule has 0 amide bonds. The van der Waals surface area contributed by atoms with Crippen molar-refractivity contribution in [1.82, 2.24) is 0 Å². The minimum atomic E-state index is -1.37. The zero-order chi connectivity index (χ0) is 21.6. The molecule has 150 valence electrons. The summed E-state index contributed by atoms with van der Waals surface area (Å²) in [6, 6.07) is 4.32. The Balaban J connectivity index is 2.02. The predicted molar refractivity (Wildman–Crippen MR) is 97.7 cm³/mol. The van der Waals surface area contributed by atoms with E-state index in [4.69, 9.17) is 9.47 Å². The molecule has 5 nitrogen and oxygen atoms in total. The van der Waals surface area contributed by atoms with Crippen molar-refractivity contribution in [3.05, 3.63) is 47.5 Å². The topological polar surface area (TPSA) is 61.8 Å². The lowest BCUT2D eigenvalue weighted by Gasteiger charge is -2.09. The molecule has 0 aliphatic heterocycles. The Morgan fingerprint density at radius 1 is 0.724 bits per heavy atom. The van der Waals surface area contributed by atoms with Gasteiger partial charge < -0.3 is 14.2 Å². The van der Waals surface area contributed by atoms with Gasteiger partial charge in [-0.2, -0.15) is 8.78 Å². The van der Waals surface area contributed by atoms with Gasteiger partial charge in [0.15, 0.2) is 34.8 Å². The number of carbonyl (C=O) groups excluding carboxylic acids is 2. The molecule has 0 aromatic heterocycles. The van der Waals surface area contributed by atoms with Gasteiger partial charge in [-0.25, -0.2) is 8.78 Å². The molecule has 2 aromatic rings. The van der Waals surface area contributed by atoms with Gasteiger partial charge in [-0.05, 0) is 36.9 Å². The van der Waals surface area contributed by atoms with Crippen LogP contribution in [0.2, 0.25) is 0 Å². The molecular weight excluding hydrogens is 394 g/mol.